The van der Waals surface area contributed by atoms with Crippen molar-refractivity contribution in [3.8, 4) is 0 Å². The van der Waals surface area contributed by atoms with Crippen molar-refractivity contribution in [1.82, 2.24) is 16.0 Å². The van der Waals surface area contributed by atoms with Crippen LogP contribution in [-0.2, 0) is 19.2 Å². The summed E-state index contributed by atoms with van der Waals surface area (Å²) in [6.07, 6.45) is 3.65. The number of nitrogens with one attached hydrogen (secondary N) is 3. The van der Waals surface area contributed by atoms with Gasteiger partial charge in [-0.25, -0.2) is 4.79 Å². The molecule has 8 N–H and O–H groups in total. The predicted octanol–water partition coefficient (Wildman–Crippen LogP) is -1.23. The average molecular weight is 420 g/mol. The zero-order valence-electron chi connectivity index (χ0n) is 16.7. The highest BCUT2D eigenvalue weighted by atomic mass is 32.2. The van der Waals surface area contributed by atoms with E-state index in [0.29, 0.717) is 31.6 Å². The van der Waals surface area contributed by atoms with Gasteiger partial charge in [-0.3, -0.25) is 14.4 Å². The normalized spacial score (nSPS) is 15.0. The lowest BCUT2D eigenvalue weighted by Gasteiger charge is -2.23. The Hall–Kier alpha value is -1.85. The predicted molar refractivity (Wildman–Crippen MR) is 109 cm³/mol. The zero-order valence-corrected chi connectivity index (χ0v) is 17.5. The first-order valence-corrected chi connectivity index (χ1v) is 10.6. The summed E-state index contributed by atoms with van der Waals surface area (Å²) in [6.45, 7) is 3.41. The van der Waals surface area contributed by atoms with Crippen LogP contribution in [0.4, 0.5) is 0 Å². The second kappa shape index (κ2) is 14.2. The molecule has 0 aliphatic carbocycles. The van der Waals surface area contributed by atoms with Gasteiger partial charge in [0.1, 0.15) is 18.1 Å². The summed E-state index contributed by atoms with van der Waals surface area (Å²) < 4.78 is 0. The van der Waals surface area contributed by atoms with E-state index < -0.39 is 47.9 Å². The van der Waals surface area contributed by atoms with Gasteiger partial charge in [-0.1, -0.05) is 0 Å². The Labute approximate surface area is 169 Å². The van der Waals surface area contributed by atoms with E-state index >= 15 is 0 Å². The Balaban J connectivity index is 4.97. The molecule has 28 heavy (non-hydrogen) atoms. The van der Waals surface area contributed by atoms with Crippen molar-refractivity contribution in [1.29, 1.82) is 0 Å². The molecule has 0 heterocycles. The van der Waals surface area contributed by atoms with Crippen LogP contribution < -0.4 is 27.4 Å². The molecule has 0 rings (SSSR count). The number of aliphatic carboxylic acids is 1. The third-order valence-corrected chi connectivity index (χ3v) is 4.61. The van der Waals surface area contributed by atoms with Gasteiger partial charge in [0.15, 0.2) is 0 Å². The first kappa shape index (κ1) is 26.1. The lowest BCUT2D eigenvalue weighted by atomic mass is 10.1. The van der Waals surface area contributed by atoms with E-state index in [1.807, 2.05) is 6.26 Å². The van der Waals surface area contributed by atoms with Crippen LogP contribution in [0.3, 0.4) is 0 Å². The number of hydrogen-bond donors (Lipinski definition) is 6. The first-order chi connectivity index (χ1) is 13.1. The number of thioether (sulfide) groups is 1. The number of carbonyl (C=O) groups is 4. The van der Waals surface area contributed by atoms with Crippen LogP contribution >= 0.6 is 11.8 Å². The van der Waals surface area contributed by atoms with Crippen molar-refractivity contribution in [3.63, 3.8) is 0 Å². The second-order valence-corrected chi connectivity index (χ2v) is 7.53. The molecule has 0 aromatic heterocycles. The zero-order chi connectivity index (χ0) is 21.7. The standard InChI is InChI=1S/C17H33N5O5S/c1-10(19)14(23)20-11(2)15(24)21-12(7-9-28-3)16(25)22-13(17(26)27)6-4-5-8-18/h10-13H,4-9,18-19H2,1-3H3,(H,20,23)(H,21,24)(H,22,25)(H,26,27). The number of rotatable bonds is 14. The molecular weight excluding hydrogens is 386 g/mol. The van der Waals surface area contributed by atoms with E-state index in [1.54, 1.807) is 0 Å². The molecule has 4 unspecified atom stereocenters. The summed E-state index contributed by atoms with van der Waals surface area (Å²) in [7, 11) is 0. The molecule has 0 saturated carbocycles. The van der Waals surface area contributed by atoms with E-state index in [-0.39, 0.29) is 6.42 Å². The van der Waals surface area contributed by atoms with Crippen LogP contribution in [0.1, 0.15) is 39.5 Å². The van der Waals surface area contributed by atoms with Crippen LogP contribution in [0.25, 0.3) is 0 Å². The topological polar surface area (TPSA) is 177 Å². The molecular formula is C17H33N5O5S. The third-order valence-electron chi connectivity index (χ3n) is 3.97. The maximum Gasteiger partial charge on any atom is 0.326 e. The molecule has 0 aliphatic heterocycles. The summed E-state index contributed by atoms with van der Waals surface area (Å²) in [5, 5.41) is 16.8. The molecule has 162 valence electrons. The Bertz CT molecular complexity index is 532. The van der Waals surface area contributed by atoms with Gasteiger partial charge in [0.2, 0.25) is 17.7 Å². The maximum absolute atomic E-state index is 12.6. The lowest BCUT2D eigenvalue weighted by molar-refractivity contribution is -0.142. The smallest absolute Gasteiger partial charge is 0.326 e. The van der Waals surface area contributed by atoms with Gasteiger partial charge < -0.3 is 32.5 Å². The van der Waals surface area contributed by atoms with E-state index in [9.17, 15) is 24.3 Å². The van der Waals surface area contributed by atoms with E-state index in [2.05, 4.69) is 16.0 Å². The van der Waals surface area contributed by atoms with Gasteiger partial charge >= 0.3 is 5.97 Å². The minimum Gasteiger partial charge on any atom is -0.480 e. The molecule has 0 aromatic carbocycles. The molecule has 0 aliphatic rings. The molecule has 0 fully saturated rings. The number of carboxylic acid groups (broad SMARTS) is 1. The van der Waals surface area contributed by atoms with Gasteiger partial charge in [0, 0.05) is 0 Å². The van der Waals surface area contributed by atoms with Gasteiger partial charge in [-0.15, -0.1) is 0 Å². The third kappa shape index (κ3) is 10.5. The van der Waals surface area contributed by atoms with Crippen molar-refractivity contribution in [2.75, 3.05) is 18.6 Å². The van der Waals surface area contributed by atoms with Crippen LogP contribution in [-0.4, -0.2) is 71.5 Å². The van der Waals surface area contributed by atoms with Gasteiger partial charge in [0.05, 0.1) is 6.04 Å². The fourth-order valence-corrected chi connectivity index (χ4v) is 2.71. The number of hydrogen-bond acceptors (Lipinski definition) is 7. The molecule has 0 saturated heterocycles. The molecule has 0 spiro atoms. The van der Waals surface area contributed by atoms with E-state index in [1.165, 1.54) is 25.6 Å². The highest BCUT2D eigenvalue weighted by molar-refractivity contribution is 7.98. The van der Waals surface area contributed by atoms with Crippen molar-refractivity contribution in [2.24, 2.45) is 11.5 Å². The van der Waals surface area contributed by atoms with Crippen molar-refractivity contribution < 1.29 is 24.3 Å². The van der Waals surface area contributed by atoms with Gasteiger partial charge in [-0.2, -0.15) is 11.8 Å². The monoisotopic (exact) mass is 419 g/mol. The van der Waals surface area contributed by atoms with E-state index in [0.717, 1.165) is 0 Å². The molecule has 0 bridgehead atoms. The lowest BCUT2D eigenvalue weighted by Crippen LogP contribution is -2.56. The van der Waals surface area contributed by atoms with E-state index in [4.69, 9.17) is 11.5 Å². The second-order valence-electron chi connectivity index (χ2n) is 6.55. The highest BCUT2D eigenvalue weighted by Gasteiger charge is 2.28. The van der Waals surface area contributed by atoms with Crippen LogP contribution in [0, 0.1) is 0 Å². The summed E-state index contributed by atoms with van der Waals surface area (Å²) >= 11 is 1.49. The molecule has 3 amide bonds. The maximum atomic E-state index is 12.6. The molecule has 0 aromatic rings. The number of carbonyl (C=O) groups excluding carboxylic acids is 3. The Morgan fingerprint density at radius 3 is 2.04 bits per heavy atom. The summed E-state index contributed by atoms with van der Waals surface area (Å²) in [4.78, 5) is 47.9. The Morgan fingerprint density at radius 1 is 0.929 bits per heavy atom. The minimum absolute atomic E-state index is 0.252. The van der Waals surface area contributed by atoms with Crippen LogP contribution in [0.15, 0.2) is 0 Å². The summed E-state index contributed by atoms with van der Waals surface area (Å²) in [5.41, 5.74) is 10.9. The molecule has 0 radical (unpaired) electrons. The number of unbranched alkanes of at least 4 members (excludes halogenated alkanes) is 1. The minimum atomic E-state index is -1.14. The summed E-state index contributed by atoms with van der Waals surface area (Å²) in [6, 6.07) is -3.62. The fraction of sp³-hybridized carbons (Fsp3) is 0.765. The average Bonchev–Trinajstić information content (AvgIpc) is 2.63. The Kier molecular flexibility index (Phi) is 13.3. The highest BCUT2D eigenvalue weighted by Crippen LogP contribution is 2.05. The van der Waals surface area contributed by atoms with Gasteiger partial charge in [-0.05, 0) is 58.1 Å². The summed E-state index contributed by atoms with van der Waals surface area (Å²) in [5.74, 6) is -2.17. The quantitative estimate of drug-likeness (QED) is 0.190. The molecule has 11 heteroatoms. The molecule has 10 nitrogen and oxygen atoms in total. The van der Waals surface area contributed by atoms with Crippen molar-refractivity contribution >= 4 is 35.5 Å². The fourth-order valence-electron chi connectivity index (χ4n) is 2.23. The SMILES string of the molecule is CSCCC(NC(=O)C(C)NC(=O)C(C)N)C(=O)NC(CCCCN)C(=O)O. The van der Waals surface area contributed by atoms with Crippen molar-refractivity contribution in [3.05, 3.63) is 0 Å². The molecule has 4 atom stereocenters. The number of carboxylic acids is 1. The van der Waals surface area contributed by atoms with Crippen molar-refractivity contribution in [2.45, 2.75) is 63.7 Å². The van der Waals surface area contributed by atoms with Gasteiger partial charge in [0.25, 0.3) is 0 Å². The number of nitrogens with two attached hydrogens (primary N) is 2. The largest absolute Gasteiger partial charge is 0.480 e. The van der Waals surface area contributed by atoms with Crippen LogP contribution in [0.2, 0.25) is 0 Å². The Morgan fingerprint density at radius 2 is 1.54 bits per heavy atom. The first-order valence-electron chi connectivity index (χ1n) is 9.22. The van der Waals surface area contributed by atoms with Crippen LogP contribution in [0.5, 0.6) is 0 Å². The number of amides is 3.